The molecule has 0 amide bonds. The van der Waals surface area contributed by atoms with Crippen LogP contribution in [0.15, 0.2) is 12.1 Å². The molecule has 0 aromatic rings. The standard InChI is InChI=1S/C6H10/c1-5-4-6(5,2)3/h1,4H2,2-3H3/i1D2. The monoisotopic (exact) mass is 84.1 g/mol. The highest BCUT2D eigenvalue weighted by Gasteiger charge is 2.36. The first-order valence-electron chi connectivity index (χ1n) is 3.21. The number of allylic oxidation sites excluding steroid dienone is 1. The van der Waals surface area contributed by atoms with Crippen molar-refractivity contribution < 1.29 is 2.74 Å². The fourth-order valence-corrected chi connectivity index (χ4v) is 0.398. The van der Waals surface area contributed by atoms with Gasteiger partial charge in [0.25, 0.3) is 0 Å². The van der Waals surface area contributed by atoms with E-state index in [4.69, 9.17) is 2.74 Å². The molecule has 0 radical (unpaired) electrons. The van der Waals surface area contributed by atoms with E-state index in [1.165, 1.54) is 0 Å². The summed E-state index contributed by atoms with van der Waals surface area (Å²) in [5.41, 5.74) is 1.19. The maximum atomic E-state index is 6.90. The van der Waals surface area contributed by atoms with Gasteiger partial charge in [-0.1, -0.05) is 26.0 Å². The summed E-state index contributed by atoms with van der Waals surface area (Å²) in [4.78, 5) is 0. The molecule has 0 bridgehead atoms. The quantitative estimate of drug-likeness (QED) is 0.394. The van der Waals surface area contributed by atoms with Crippen molar-refractivity contribution in [3.05, 3.63) is 12.1 Å². The number of hydrogen-bond acceptors (Lipinski definition) is 0. The Bertz CT molecular complexity index is 141. The summed E-state index contributed by atoms with van der Waals surface area (Å²) >= 11 is 0. The van der Waals surface area contributed by atoms with Crippen LogP contribution >= 0.6 is 0 Å². The Morgan fingerprint density at radius 1 is 2.00 bits per heavy atom. The average molecular weight is 84.2 g/mol. The second kappa shape index (κ2) is 0.699. The van der Waals surface area contributed by atoms with Crippen molar-refractivity contribution in [2.45, 2.75) is 20.3 Å². The van der Waals surface area contributed by atoms with Crippen molar-refractivity contribution in [3.8, 4) is 0 Å². The lowest BCUT2D eigenvalue weighted by Gasteiger charge is -1.87. The molecule has 0 unspecified atom stereocenters. The second-order valence-corrected chi connectivity index (χ2v) is 2.54. The minimum atomic E-state index is 0.0231. The van der Waals surface area contributed by atoms with E-state index in [9.17, 15) is 0 Å². The van der Waals surface area contributed by atoms with Crippen molar-refractivity contribution in [3.63, 3.8) is 0 Å². The lowest BCUT2D eigenvalue weighted by atomic mass is 10.2. The van der Waals surface area contributed by atoms with Crippen LogP contribution in [0.3, 0.4) is 0 Å². The van der Waals surface area contributed by atoms with Crippen LogP contribution in [-0.2, 0) is 0 Å². The Balaban J connectivity index is 2.73. The minimum Gasteiger partial charge on any atom is -0.0993 e. The van der Waals surface area contributed by atoms with Gasteiger partial charge in [-0.25, -0.2) is 0 Å². The highest BCUT2D eigenvalue weighted by molar-refractivity contribution is 5.25. The molecule has 0 nitrogen and oxygen atoms in total. The normalized spacial score (nSPS) is 31.3. The van der Waals surface area contributed by atoms with Crippen LogP contribution in [0.25, 0.3) is 0 Å². The average Bonchev–Trinajstić information content (AvgIpc) is 2.13. The van der Waals surface area contributed by atoms with Gasteiger partial charge in [0, 0.05) is 0 Å². The van der Waals surface area contributed by atoms with Crippen molar-refractivity contribution in [2.24, 2.45) is 5.41 Å². The molecule has 0 spiro atoms. The van der Waals surface area contributed by atoms with Crippen LogP contribution < -0.4 is 0 Å². The third-order valence-corrected chi connectivity index (χ3v) is 1.31. The van der Waals surface area contributed by atoms with Crippen molar-refractivity contribution in [1.29, 1.82) is 0 Å². The Morgan fingerprint density at radius 3 is 2.50 bits per heavy atom. The van der Waals surface area contributed by atoms with Gasteiger partial charge in [-0.2, -0.15) is 0 Å². The third kappa shape index (κ3) is 0.368. The van der Waals surface area contributed by atoms with Crippen LogP contribution in [0.1, 0.15) is 23.0 Å². The van der Waals surface area contributed by atoms with Crippen LogP contribution in [-0.4, -0.2) is 0 Å². The smallest absolute Gasteiger partial charge is 0.0537 e. The molecule has 0 aromatic carbocycles. The molecule has 0 N–H and O–H groups in total. The SMILES string of the molecule is [2H]C([2H])=C1CC1(C)C. The molecule has 0 heterocycles. The first kappa shape index (κ1) is 2.15. The van der Waals surface area contributed by atoms with Gasteiger partial charge in [-0.05, 0) is 11.8 Å². The van der Waals surface area contributed by atoms with Gasteiger partial charge < -0.3 is 0 Å². The van der Waals surface area contributed by atoms with E-state index in [2.05, 4.69) is 13.8 Å². The van der Waals surface area contributed by atoms with Gasteiger partial charge >= 0.3 is 0 Å². The van der Waals surface area contributed by atoms with Crippen LogP contribution in [0.2, 0.25) is 0 Å². The molecule has 1 rings (SSSR count). The van der Waals surface area contributed by atoms with E-state index >= 15 is 0 Å². The van der Waals surface area contributed by atoms with E-state index in [-0.39, 0.29) is 11.9 Å². The minimum absolute atomic E-state index is 0.0231. The van der Waals surface area contributed by atoms with Gasteiger partial charge in [0.05, 0.1) is 2.74 Å². The fraction of sp³-hybridized carbons (Fsp3) is 0.667. The van der Waals surface area contributed by atoms with Gasteiger partial charge in [0.2, 0.25) is 0 Å². The molecular formula is C6H10. The maximum Gasteiger partial charge on any atom is 0.0537 e. The molecule has 1 aliphatic rings. The molecule has 0 saturated heterocycles. The van der Waals surface area contributed by atoms with Crippen LogP contribution in [0.5, 0.6) is 0 Å². The van der Waals surface area contributed by atoms with Gasteiger partial charge in [-0.15, -0.1) is 0 Å². The summed E-state index contributed by atoms with van der Waals surface area (Å²) in [7, 11) is 0. The molecule has 0 heteroatoms. The Kier molecular flexibility index (Phi) is 0.251. The van der Waals surface area contributed by atoms with Crippen LogP contribution in [0, 0.1) is 5.41 Å². The lowest BCUT2D eigenvalue weighted by Crippen LogP contribution is -1.77. The number of hydrogen-bond donors (Lipinski definition) is 0. The Hall–Kier alpha value is -0.260. The molecule has 6 heavy (non-hydrogen) atoms. The summed E-state index contributed by atoms with van der Waals surface area (Å²) in [5.74, 6) is 0. The molecule has 0 aromatic heterocycles. The summed E-state index contributed by atoms with van der Waals surface area (Å²) in [6.45, 7) is 4.14. The third-order valence-electron chi connectivity index (χ3n) is 1.31. The fourth-order valence-electron chi connectivity index (χ4n) is 0.398. The van der Waals surface area contributed by atoms with E-state index in [0.717, 1.165) is 12.0 Å². The largest absolute Gasteiger partial charge is 0.0993 e. The zero-order chi connectivity index (χ0) is 6.36. The van der Waals surface area contributed by atoms with E-state index in [1.807, 2.05) is 0 Å². The lowest BCUT2D eigenvalue weighted by molar-refractivity contribution is 0.687. The molecule has 34 valence electrons. The van der Waals surface area contributed by atoms with Gasteiger partial charge in [-0.3, -0.25) is 0 Å². The van der Waals surface area contributed by atoms with Gasteiger partial charge in [0.1, 0.15) is 0 Å². The summed E-state index contributed by atoms with van der Waals surface area (Å²) in [6, 6.07) is 0. The summed E-state index contributed by atoms with van der Waals surface area (Å²) in [5, 5.41) is 0. The Morgan fingerprint density at radius 2 is 2.50 bits per heavy atom. The molecule has 0 atom stereocenters. The summed E-state index contributed by atoms with van der Waals surface area (Å²) < 4.78 is 13.8. The highest BCUT2D eigenvalue weighted by Crippen LogP contribution is 2.49. The molecule has 1 saturated carbocycles. The Labute approximate surface area is 41.7 Å². The van der Waals surface area contributed by atoms with Crippen molar-refractivity contribution >= 4 is 0 Å². The zero-order valence-electron chi connectivity index (χ0n) is 6.21. The van der Waals surface area contributed by atoms with E-state index in [1.54, 1.807) is 0 Å². The second-order valence-electron chi connectivity index (χ2n) is 2.54. The summed E-state index contributed by atoms with van der Waals surface area (Å²) in [6.07, 6.45) is 0.954. The van der Waals surface area contributed by atoms with Crippen molar-refractivity contribution in [1.82, 2.24) is 0 Å². The van der Waals surface area contributed by atoms with E-state index in [0.29, 0.717) is 0 Å². The zero-order valence-corrected chi connectivity index (χ0v) is 4.21. The highest BCUT2D eigenvalue weighted by atomic mass is 14.4. The van der Waals surface area contributed by atoms with Gasteiger partial charge in [0.15, 0.2) is 0 Å². The molecule has 1 aliphatic carbocycles. The molecular weight excluding hydrogens is 72.1 g/mol. The molecule has 1 fully saturated rings. The van der Waals surface area contributed by atoms with E-state index < -0.39 is 0 Å². The van der Waals surface area contributed by atoms with Crippen LogP contribution in [0.4, 0.5) is 0 Å². The predicted molar refractivity (Wildman–Crippen MR) is 27.5 cm³/mol. The molecule has 0 aliphatic heterocycles. The maximum absolute atomic E-state index is 6.90. The first-order chi connectivity index (χ1) is 3.54. The first-order valence-corrected chi connectivity index (χ1v) is 2.21. The number of rotatable bonds is 0. The topological polar surface area (TPSA) is 0 Å². The predicted octanol–water partition coefficient (Wildman–Crippen LogP) is 1.97. The van der Waals surface area contributed by atoms with Crippen molar-refractivity contribution in [2.75, 3.05) is 0 Å².